The smallest absolute Gasteiger partial charge is 0.240 e. The van der Waals surface area contributed by atoms with Crippen molar-refractivity contribution in [2.45, 2.75) is 45.3 Å². The molecule has 4 nitrogen and oxygen atoms in total. The van der Waals surface area contributed by atoms with Crippen molar-refractivity contribution < 1.29 is 4.79 Å². The van der Waals surface area contributed by atoms with E-state index in [1.807, 2.05) is 26.0 Å². The van der Waals surface area contributed by atoms with Gasteiger partial charge >= 0.3 is 0 Å². The fourth-order valence-electron chi connectivity index (χ4n) is 2.62. The topological polar surface area (TPSA) is 56.1 Å². The predicted molar refractivity (Wildman–Crippen MR) is 77.9 cm³/mol. The number of amides is 1. The van der Waals surface area contributed by atoms with Crippen LogP contribution in [-0.4, -0.2) is 29.4 Å². The number of carbonyl (C=O) groups is 1. The van der Waals surface area contributed by atoms with Gasteiger partial charge in [0.2, 0.25) is 5.91 Å². The van der Waals surface area contributed by atoms with Crippen molar-refractivity contribution in [3.63, 3.8) is 0 Å². The lowest BCUT2D eigenvalue weighted by atomic mass is 9.95. The van der Waals surface area contributed by atoms with E-state index in [0.717, 1.165) is 13.0 Å². The van der Waals surface area contributed by atoms with E-state index in [2.05, 4.69) is 23.5 Å². The Morgan fingerprint density at radius 2 is 2.15 bits per heavy atom. The van der Waals surface area contributed by atoms with Crippen molar-refractivity contribution in [2.24, 2.45) is 0 Å². The summed E-state index contributed by atoms with van der Waals surface area (Å²) < 4.78 is 0. The largest absolute Gasteiger partial charge is 0.338 e. The van der Waals surface area contributed by atoms with Gasteiger partial charge in [-0.3, -0.25) is 4.79 Å². The van der Waals surface area contributed by atoms with E-state index in [4.69, 9.17) is 5.26 Å². The molecule has 20 heavy (non-hydrogen) atoms. The molecule has 0 aromatic heterocycles. The van der Waals surface area contributed by atoms with Crippen LogP contribution in [-0.2, 0) is 17.8 Å². The molecule has 1 aromatic carbocycles. The molecule has 0 spiro atoms. The number of hydrogen-bond acceptors (Lipinski definition) is 3. The standard InChI is InChI=1S/C16H21N3O/c1-12(2)19(9-5-8-17)16(20)15-10-13-6-3-4-7-14(13)11-18-15/h3-4,6-7,12,15,18H,5,9-11H2,1-2H3. The quantitative estimate of drug-likeness (QED) is 0.909. The summed E-state index contributed by atoms with van der Waals surface area (Å²) in [5.41, 5.74) is 2.51. The van der Waals surface area contributed by atoms with Gasteiger partial charge in [0.15, 0.2) is 0 Å². The Balaban J connectivity index is 2.08. The highest BCUT2D eigenvalue weighted by molar-refractivity contribution is 5.83. The van der Waals surface area contributed by atoms with E-state index in [1.54, 1.807) is 4.90 Å². The predicted octanol–water partition coefficient (Wildman–Crippen LogP) is 1.85. The number of nitrogens with one attached hydrogen (secondary N) is 1. The molecule has 0 fully saturated rings. The minimum atomic E-state index is -0.175. The lowest BCUT2D eigenvalue weighted by Gasteiger charge is -2.33. The van der Waals surface area contributed by atoms with Gasteiger partial charge in [0.25, 0.3) is 0 Å². The summed E-state index contributed by atoms with van der Waals surface area (Å²) in [5, 5.41) is 12.0. The minimum absolute atomic E-state index is 0.102. The molecule has 1 aliphatic rings. The number of nitrogens with zero attached hydrogens (tertiary/aromatic N) is 2. The fraction of sp³-hybridized carbons (Fsp3) is 0.500. The second kappa shape index (κ2) is 6.53. The third-order valence-electron chi connectivity index (χ3n) is 3.75. The van der Waals surface area contributed by atoms with Gasteiger partial charge in [-0.25, -0.2) is 0 Å². The third kappa shape index (κ3) is 3.17. The Morgan fingerprint density at radius 1 is 1.45 bits per heavy atom. The summed E-state index contributed by atoms with van der Waals surface area (Å²) in [7, 11) is 0. The van der Waals surface area contributed by atoms with Gasteiger partial charge in [0, 0.05) is 19.1 Å². The molecule has 2 rings (SSSR count). The first kappa shape index (κ1) is 14.5. The minimum Gasteiger partial charge on any atom is -0.338 e. The summed E-state index contributed by atoms with van der Waals surface area (Å²) in [4.78, 5) is 14.4. The molecule has 1 heterocycles. The maximum atomic E-state index is 12.6. The second-order valence-electron chi connectivity index (χ2n) is 5.44. The third-order valence-corrected chi connectivity index (χ3v) is 3.75. The van der Waals surface area contributed by atoms with Crippen LogP contribution in [0.1, 0.15) is 31.4 Å². The number of hydrogen-bond donors (Lipinski definition) is 1. The van der Waals surface area contributed by atoms with Crippen LogP contribution < -0.4 is 5.32 Å². The van der Waals surface area contributed by atoms with Crippen LogP contribution in [0.5, 0.6) is 0 Å². The van der Waals surface area contributed by atoms with Crippen molar-refractivity contribution >= 4 is 5.91 Å². The second-order valence-corrected chi connectivity index (χ2v) is 5.44. The summed E-state index contributed by atoms with van der Waals surface area (Å²) in [5.74, 6) is 0.102. The molecule has 1 amide bonds. The van der Waals surface area contributed by atoms with E-state index in [-0.39, 0.29) is 18.0 Å². The SMILES string of the molecule is CC(C)N(CCC#N)C(=O)C1Cc2ccccc2CN1. The molecular weight excluding hydrogens is 250 g/mol. The van der Waals surface area contributed by atoms with E-state index in [0.29, 0.717) is 13.0 Å². The zero-order valence-electron chi connectivity index (χ0n) is 12.1. The molecule has 1 aliphatic heterocycles. The Bertz CT molecular complexity index is 519. The average Bonchev–Trinajstić information content (AvgIpc) is 2.46. The maximum absolute atomic E-state index is 12.6. The number of fused-ring (bicyclic) bond motifs is 1. The monoisotopic (exact) mass is 271 g/mol. The highest BCUT2D eigenvalue weighted by atomic mass is 16.2. The molecule has 0 bridgehead atoms. The summed E-state index contributed by atoms with van der Waals surface area (Å²) in [6.07, 6.45) is 1.11. The molecular formula is C16H21N3O. The molecule has 106 valence electrons. The Morgan fingerprint density at radius 3 is 2.80 bits per heavy atom. The van der Waals surface area contributed by atoms with Gasteiger partial charge in [-0.1, -0.05) is 24.3 Å². The van der Waals surface area contributed by atoms with Crippen LogP contribution in [0.3, 0.4) is 0 Å². The number of rotatable bonds is 4. The zero-order chi connectivity index (χ0) is 14.5. The van der Waals surface area contributed by atoms with E-state index in [1.165, 1.54) is 11.1 Å². The van der Waals surface area contributed by atoms with E-state index < -0.39 is 0 Å². The molecule has 0 saturated heterocycles. The first-order valence-corrected chi connectivity index (χ1v) is 7.11. The van der Waals surface area contributed by atoms with Crippen LogP contribution in [0.25, 0.3) is 0 Å². The number of carbonyl (C=O) groups excluding carboxylic acids is 1. The Labute approximate surface area is 120 Å². The van der Waals surface area contributed by atoms with E-state index in [9.17, 15) is 4.79 Å². The van der Waals surface area contributed by atoms with Gasteiger partial charge in [-0.15, -0.1) is 0 Å². The Kier molecular flexibility index (Phi) is 4.75. The van der Waals surface area contributed by atoms with Gasteiger partial charge < -0.3 is 10.2 Å². The molecule has 1 N–H and O–H groups in total. The molecule has 1 unspecified atom stereocenters. The number of nitriles is 1. The summed E-state index contributed by atoms with van der Waals surface area (Å²) >= 11 is 0. The molecule has 4 heteroatoms. The van der Waals surface area contributed by atoms with Crippen LogP contribution in [0, 0.1) is 11.3 Å². The first-order chi connectivity index (χ1) is 9.63. The molecule has 0 saturated carbocycles. The van der Waals surface area contributed by atoms with Gasteiger partial charge in [-0.05, 0) is 31.4 Å². The van der Waals surface area contributed by atoms with Crippen molar-refractivity contribution in [2.75, 3.05) is 6.54 Å². The van der Waals surface area contributed by atoms with Crippen LogP contribution in [0.15, 0.2) is 24.3 Å². The summed E-state index contributed by atoms with van der Waals surface area (Å²) in [6, 6.07) is 10.3. The first-order valence-electron chi connectivity index (χ1n) is 7.11. The van der Waals surface area contributed by atoms with Crippen molar-refractivity contribution in [1.29, 1.82) is 5.26 Å². The van der Waals surface area contributed by atoms with Crippen LogP contribution in [0.4, 0.5) is 0 Å². The fourth-order valence-corrected chi connectivity index (χ4v) is 2.62. The van der Waals surface area contributed by atoms with Crippen molar-refractivity contribution in [1.82, 2.24) is 10.2 Å². The maximum Gasteiger partial charge on any atom is 0.240 e. The van der Waals surface area contributed by atoms with Crippen molar-refractivity contribution in [3.05, 3.63) is 35.4 Å². The van der Waals surface area contributed by atoms with Gasteiger partial charge in [0.05, 0.1) is 18.5 Å². The molecule has 1 aromatic rings. The van der Waals surface area contributed by atoms with Crippen LogP contribution in [0.2, 0.25) is 0 Å². The average molecular weight is 271 g/mol. The normalized spacial score (nSPS) is 17.4. The summed E-state index contributed by atoms with van der Waals surface area (Å²) in [6.45, 7) is 5.22. The lowest BCUT2D eigenvalue weighted by molar-refractivity contribution is -0.135. The van der Waals surface area contributed by atoms with Crippen molar-refractivity contribution in [3.8, 4) is 6.07 Å². The molecule has 0 aliphatic carbocycles. The highest BCUT2D eigenvalue weighted by Crippen LogP contribution is 2.18. The zero-order valence-corrected chi connectivity index (χ0v) is 12.1. The van der Waals surface area contributed by atoms with Crippen LogP contribution >= 0.6 is 0 Å². The van der Waals surface area contributed by atoms with Gasteiger partial charge in [0.1, 0.15) is 0 Å². The molecule has 0 radical (unpaired) electrons. The van der Waals surface area contributed by atoms with E-state index >= 15 is 0 Å². The number of benzene rings is 1. The highest BCUT2D eigenvalue weighted by Gasteiger charge is 2.28. The van der Waals surface area contributed by atoms with Gasteiger partial charge in [-0.2, -0.15) is 5.26 Å². The lowest BCUT2D eigenvalue weighted by Crippen LogP contribution is -2.51. The molecule has 1 atom stereocenters. The Hall–Kier alpha value is -1.86.